The molecule has 1 amide bonds. The summed E-state index contributed by atoms with van der Waals surface area (Å²) in [5, 5.41) is 12.8. The van der Waals surface area contributed by atoms with E-state index in [1.165, 1.54) is 34.4 Å². The van der Waals surface area contributed by atoms with Crippen molar-refractivity contribution in [3.8, 4) is 6.07 Å². The molecule has 1 N–H and O–H groups in total. The molecule has 2 aromatic rings. The number of carbonyl (C=O) groups excluding carboxylic acids is 2. The average molecular weight is 401 g/mol. The Bertz CT molecular complexity index is 856. The van der Waals surface area contributed by atoms with E-state index in [0.717, 1.165) is 36.1 Å². The molecule has 5 nitrogen and oxygen atoms in total. The molecular weight excluding hydrogens is 380 g/mol. The molecule has 0 atom stereocenters. The summed E-state index contributed by atoms with van der Waals surface area (Å²) in [5.74, 6) is -0.712. The monoisotopic (exact) mass is 400 g/mol. The molecule has 7 heteroatoms. The number of amides is 1. The lowest BCUT2D eigenvalue weighted by molar-refractivity contribution is -0.144. The lowest BCUT2D eigenvalue weighted by Crippen LogP contribution is -2.21. The predicted octanol–water partition coefficient (Wildman–Crippen LogP) is 4.16. The maximum Gasteiger partial charge on any atom is 0.316 e. The fourth-order valence-electron chi connectivity index (χ4n) is 2.96. The second kappa shape index (κ2) is 9.58. The number of esters is 1. The van der Waals surface area contributed by atoms with Gasteiger partial charge in [-0.2, -0.15) is 5.26 Å². The second-order valence-electron chi connectivity index (χ2n) is 6.19. The van der Waals surface area contributed by atoms with Crippen molar-refractivity contribution in [2.24, 2.45) is 0 Å². The number of nitrogens with one attached hydrogen (secondary N) is 1. The average Bonchev–Trinajstić information content (AvgIpc) is 2.84. The molecule has 1 aromatic carbocycles. The minimum atomic E-state index is -0.443. The van der Waals surface area contributed by atoms with E-state index in [0.29, 0.717) is 10.6 Å². The van der Waals surface area contributed by atoms with Gasteiger partial charge in [0.05, 0.1) is 11.3 Å². The largest absolute Gasteiger partial charge is 0.455 e. The van der Waals surface area contributed by atoms with Crippen LogP contribution >= 0.6 is 23.1 Å². The Kier molecular flexibility index (Phi) is 6.91. The zero-order valence-electron chi connectivity index (χ0n) is 14.8. The first-order valence-electron chi connectivity index (χ1n) is 8.85. The normalized spacial score (nSPS) is 13.1. The third-order valence-corrected chi connectivity index (χ3v) is 6.44. The Morgan fingerprint density at radius 3 is 2.74 bits per heavy atom. The van der Waals surface area contributed by atoms with E-state index in [4.69, 9.17) is 4.74 Å². The summed E-state index contributed by atoms with van der Waals surface area (Å²) in [7, 11) is 0. The number of nitriles is 1. The number of fused-ring (bicyclic) bond motifs is 1. The lowest BCUT2D eigenvalue weighted by Gasteiger charge is -2.06. The van der Waals surface area contributed by atoms with Crippen molar-refractivity contribution in [3.05, 3.63) is 46.3 Å². The van der Waals surface area contributed by atoms with E-state index >= 15 is 0 Å². The van der Waals surface area contributed by atoms with Crippen LogP contribution in [0.25, 0.3) is 0 Å². The quantitative estimate of drug-likeness (QED) is 0.447. The summed E-state index contributed by atoms with van der Waals surface area (Å²) in [4.78, 5) is 26.1. The zero-order valence-corrected chi connectivity index (χ0v) is 16.5. The van der Waals surface area contributed by atoms with Crippen molar-refractivity contribution >= 4 is 40.0 Å². The molecule has 0 unspecified atom stereocenters. The fourth-order valence-corrected chi connectivity index (χ4v) is 4.93. The zero-order chi connectivity index (χ0) is 19.1. The number of thioether (sulfide) groups is 1. The Hall–Kier alpha value is -2.30. The van der Waals surface area contributed by atoms with Gasteiger partial charge in [-0.3, -0.25) is 9.59 Å². The van der Waals surface area contributed by atoms with Crippen molar-refractivity contribution < 1.29 is 14.3 Å². The number of nitrogens with zero attached hydrogens (tertiary/aromatic N) is 1. The predicted molar refractivity (Wildman–Crippen MR) is 107 cm³/mol. The van der Waals surface area contributed by atoms with Gasteiger partial charge in [-0.1, -0.05) is 24.6 Å². The van der Waals surface area contributed by atoms with Crippen LogP contribution in [0.2, 0.25) is 0 Å². The van der Waals surface area contributed by atoms with Crippen LogP contribution in [0.5, 0.6) is 0 Å². The van der Waals surface area contributed by atoms with E-state index in [9.17, 15) is 14.9 Å². The molecule has 1 aliphatic rings. The van der Waals surface area contributed by atoms with Crippen LogP contribution in [-0.2, 0) is 27.2 Å². The van der Waals surface area contributed by atoms with E-state index in [1.54, 1.807) is 0 Å². The Morgan fingerprint density at radius 2 is 1.96 bits per heavy atom. The van der Waals surface area contributed by atoms with Crippen LogP contribution in [0.1, 0.15) is 35.3 Å². The number of ether oxygens (including phenoxy) is 1. The van der Waals surface area contributed by atoms with Crippen LogP contribution in [0.15, 0.2) is 35.2 Å². The van der Waals surface area contributed by atoms with Crippen molar-refractivity contribution in [3.63, 3.8) is 0 Å². The summed E-state index contributed by atoms with van der Waals surface area (Å²) < 4.78 is 5.04. The first-order valence-corrected chi connectivity index (χ1v) is 10.7. The molecule has 27 heavy (non-hydrogen) atoms. The van der Waals surface area contributed by atoms with Crippen molar-refractivity contribution in [2.75, 3.05) is 17.7 Å². The van der Waals surface area contributed by atoms with Crippen LogP contribution in [0, 0.1) is 11.3 Å². The third kappa shape index (κ3) is 5.34. The minimum Gasteiger partial charge on any atom is -0.455 e. The maximum absolute atomic E-state index is 12.1. The molecule has 1 heterocycles. The van der Waals surface area contributed by atoms with E-state index in [2.05, 4.69) is 11.4 Å². The molecule has 0 saturated carbocycles. The molecule has 0 bridgehead atoms. The number of hydrogen-bond acceptors (Lipinski definition) is 6. The molecule has 0 saturated heterocycles. The number of hydrogen-bond donors (Lipinski definition) is 1. The Labute approximate surface area is 166 Å². The standard InChI is InChI=1S/C20H20N2O3S2/c21-11-16-15-9-5-2-6-10-17(15)27-20(16)22-18(23)12-25-19(24)13-26-14-7-3-1-4-8-14/h1,3-4,7-8H,2,5-6,9-10,12-13H2,(H,22,23). The number of anilines is 1. The number of benzene rings is 1. The van der Waals surface area contributed by atoms with E-state index in [-0.39, 0.29) is 12.4 Å². The third-order valence-electron chi connectivity index (χ3n) is 4.25. The summed E-state index contributed by atoms with van der Waals surface area (Å²) in [5.41, 5.74) is 1.64. The molecule has 0 spiro atoms. The molecule has 1 aliphatic carbocycles. The van der Waals surface area contributed by atoms with Gasteiger partial charge in [0.25, 0.3) is 5.91 Å². The van der Waals surface area contributed by atoms with Gasteiger partial charge in [0.1, 0.15) is 11.1 Å². The van der Waals surface area contributed by atoms with Gasteiger partial charge in [-0.15, -0.1) is 23.1 Å². The van der Waals surface area contributed by atoms with Gasteiger partial charge in [-0.25, -0.2) is 0 Å². The second-order valence-corrected chi connectivity index (χ2v) is 8.34. The Morgan fingerprint density at radius 1 is 1.19 bits per heavy atom. The number of carbonyl (C=O) groups is 2. The first-order chi connectivity index (χ1) is 13.2. The molecule has 1 aromatic heterocycles. The number of aryl methyl sites for hydroxylation is 1. The molecule has 0 fully saturated rings. The van der Waals surface area contributed by atoms with E-state index < -0.39 is 11.9 Å². The highest BCUT2D eigenvalue weighted by atomic mass is 32.2. The highest BCUT2D eigenvalue weighted by molar-refractivity contribution is 8.00. The van der Waals surface area contributed by atoms with Gasteiger partial charge < -0.3 is 10.1 Å². The lowest BCUT2D eigenvalue weighted by atomic mass is 10.1. The Balaban J connectivity index is 1.51. The SMILES string of the molecule is N#Cc1c(NC(=O)COC(=O)CSc2ccccc2)sc2c1CCCCC2. The summed E-state index contributed by atoms with van der Waals surface area (Å²) in [6.07, 6.45) is 5.20. The van der Waals surface area contributed by atoms with E-state index in [1.807, 2.05) is 30.3 Å². The van der Waals surface area contributed by atoms with Crippen molar-refractivity contribution in [1.82, 2.24) is 0 Å². The summed E-state index contributed by atoms with van der Waals surface area (Å²) in [6, 6.07) is 11.8. The van der Waals surface area contributed by atoms with Crippen molar-refractivity contribution in [1.29, 1.82) is 5.26 Å². The molecule has 0 radical (unpaired) electrons. The molecule has 3 rings (SSSR count). The van der Waals surface area contributed by atoms with Gasteiger partial charge >= 0.3 is 5.97 Å². The van der Waals surface area contributed by atoms with Gasteiger partial charge in [0, 0.05) is 9.77 Å². The topological polar surface area (TPSA) is 79.2 Å². The molecule has 140 valence electrons. The van der Waals surface area contributed by atoms with Crippen LogP contribution < -0.4 is 5.32 Å². The van der Waals surface area contributed by atoms with Crippen molar-refractivity contribution in [2.45, 2.75) is 37.0 Å². The van der Waals surface area contributed by atoms with Crippen LogP contribution in [0.3, 0.4) is 0 Å². The first kappa shape index (κ1) is 19.5. The fraction of sp³-hybridized carbons (Fsp3) is 0.350. The highest BCUT2D eigenvalue weighted by Crippen LogP contribution is 2.36. The van der Waals surface area contributed by atoms with Crippen LogP contribution in [0.4, 0.5) is 5.00 Å². The van der Waals surface area contributed by atoms with Gasteiger partial charge in [0.15, 0.2) is 6.61 Å². The number of rotatable bonds is 6. The summed E-state index contributed by atoms with van der Waals surface area (Å²) in [6.45, 7) is -0.346. The van der Waals surface area contributed by atoms with Gasteiger partial charge in [-0.05, 0) is 43.4 Å². The summed E-state index contributed by atoms with van der Waals surface area (Å²) >= 11 is 2.83. The number of thiophene rings is 1. The maximum atomic E-state index is 12.1. The molecular formula is C20H20N2O3S2. The minimum absolute atomic E-state index is 0.147. The molecule has 0 aliphatic heterocycles. The van der Waals surface area contributed by atoms with Crippen LogP contribution in [-0.4, -0.2) is 24.2 Å². The van der Waals surface area contributed by atoms with Gasteiger partial charge in [0.2, 0.25) is 0 Å². The smallest absolute Gasteiger partial charge is 0.316 e. The highest BCUT2D eigenvalue weighted by Gasteiger charge is 2.21.